The Kier molecular flexibility index (Phi) is 2.19. The minimum absolute atomic E-state index is 0.00877. The Labute approximate surface area is 92.4 Å². The van der Waals surface area contributed by atoms with Gasteiger partial charge < -0.3 is 4.74 Å². The van der Waals surface area contributed by atoms with Crippen molar-refractivity contribution >= 4 is 5.97 Å². The summed E-state index contributed by atoms with van der Waals surface area (Å²) in [5.74, 6) is 0.737. The molecule has 0 aromatic carbocycles. The topological polar surface area (TPSA) is 26.3 Å². The van der Waals surface area contributed by atoms with Crippen LogP contribution >= 0.6 is 0 Å². The molecule has 2 fully saturated rings. The van der Waals surface area contributed by atoms with Crippen molar-refractivity contribution in [1.29, 1.82) is 0 Å². The van der Waals surface area contributed by atoms with Gasteiger partial charge in [-0.25, -0.2) is 0 Å². The minimum atomic E-state index is -0.0435. The summed E-state index contributed by atoms with van der Waals surface area (Å²) < 4.78 is 5.62. The highest BCUT2D eigenvalue weighted by molar-refractivity contribution is 5.71. The fraction of sp³-hybridized carbons (Fsp3) is 0.923. The zero-order chi connectivity index (χ0) is 11.4. The number of ether oxygens (including phenoxy) is 1. The largest absolute Gasteiger partial charge is 0.462 e. The third kappa shape index (κ3) is 1.41. The number of fused-ring (bicyclic) bond motifs is 1. The van der Waals surface area contributed by atoms with Crippen molar-refractivity contribution in [2.24, 2.45) is 22.7 Å². The van der Waals surface area contributed by atoms with Crippen LogP contribution in [0.3, 0.4) is 0 Å². The van der Waals surface area contributed by atoms with Crippen LogP contribution in [0.1, 0.15) is 47.5 Å². The second kappa shape index (κ2) is 2.99. The summed E-state index contributed by atoms with van der Waals surface area (Å²) in [6.45, 7) is 10.6. The van der Waals surface area contributed by atoms with Gasteiger partial charge in [0.05, 0.1) is 5.92 Å². The zero-order valence-corrected chi connectivity index (χ0v) is 10.5. The van der Waals surface area contributed by atoms with Gasteiger partial charge in [-0.1, -0.05) is 34.6 Å². The van der Waals surface area contributed by atoms with Gasteiger partial charge in [0.15, 0.2) is 0 Å². The van der Waals surface area contributed by atoms with Crippen LogP contribution in [-0.2, 0) is 9.53 Å². The van der Waals surface area contributed by atoms with Crippen LogP contribution in [0.2, 0.25) is 0 Å². The molecule has 2 heteroatoms. The third-order valence-corrected chi connectivity index (χ3v) is 4.92. The van der Waals surface area contributed by atoms with E-state index in [0.29, 0.717) is 5.41 Å². The van der Waals surface area contributed by atoms with E-state index in [1.54, 1.807) is 0 Å². The lowest BCUT2D eigenvalue weighted by Crippen LogP contribution is -2.36. The van der Waals surface area contributed by atoms with Crippen molar-refractivity contribution in [3.8, 4) is 0 Å². The summed E-state index contributed by atoms with van der Waals surface area (Å²) in [4.78, 5) is 11.6. The van der Waals surface area contributed by atoms with E-state index in [4.69, 9.17) is 4.74 Å². The number of rotatable bonds is 2. The standard InChI is InChI=1S/C13H22O2/c1-8(2)11(14)15-10-6-9-7-13(9,5)12(10,3)4/h8-10H,6-7H2,1-5H3/t9-,10-,13?/m1/s1. The predicted octanol–water partition coefficient (Wildman–Crippen LogP) is 3.01. The molecule has 2 saturated carbocycles. The number of hydrogen-bond donors (Lipinski definition) is 0. The molecule has 86 valence electrons. The van der Waals surface area contributed by atoms with Gasteiger partial charge in [0.1, 0.15) is 6.10 Å². The maximum absolute atomic E-state index is 11.6. The molecule has 15 heavy (non-hydrogen) atoms. The van der Waals surface area contributed by atoms with Crippen molar-refractivity contribution < 1.29 is 9.53 Å². The number of carbonyl (C=O) groups excluding carboxylic acids is 1. The molecule has 1 unspecified atom stereocenters. The maximum Gasteiger partial charge on any atom is 0.308 e. The highest BCUT2D eigenvalue weighted by Gasteiger charge is 2.68. The van der Waals surface area contributed by atoms with Crippen molar-refractivity contribution in [1.82, 2.24) is 0 Å². The Balaban J connectivity index is 2.04. The van der Waals surface area contributed by atoms with Gasteiger partial charge in [-0.2, -0.15) is 0 Å². The molecule has 0 spiro atoms. The van der Waals surface area contributed by atoms with Crippen LogP contribution in [0.5, 0.6) is 0 Å². The lowest BCUT2D eigenvalue weighted by Gasteiger charge is -2.34. The molecule has 0 aromatic heterocycles. The fourth-order valence-electron chi connectivity index (χ4n) is 2.98. The van der Waals surface area contributed by atoms with E-state index >= 15 is 0 Å². The van der Waals surface area contributed by atoms with E-state index in [1.165, 1.54) is 6.42 Å². The molecule has 0 saturated heterocycles. The van der Waals surface area contributed by atoms with Gasteiger partial charge in [-0.05, 0) is 24.2 Å². The Morgan fingerprint density at radius 1 is 1.33 bits per heavy atom. The van der Waals surface area contributed by atoms with E-state index in [2.05, 4.69) is 20.8 Å². The average Bonchev–Trinajstić information content (AvgIpc) is 2.72. The average molecular weight is 210 g/mol. The maximum atomic E-state index is 11.6. The Hall–Kier alpha value is -0.530. The van der Waals surface area contributed by atoms with Crippen LogP contribution in [0.25, 0.3) is 0 Å². The highest BCUT2D eigenvalue weighted by atomic mass is 16.5. The van der Waals surface area contributed by atoms with E-state index in [9.17, 15) is 4.79 Å². The molecular formula is C13H22O2. The molecule has 0 heterocycles. The Morgan fingerprint density at radius 2 is 1.93 bits per heavy atom. The van der Waals surface area contributed by atoms with Gasteiger partial charge in [-0.3, -0.25) is 4.79 Å². The molecular weight excluding hydrogens is 188 g/mol. The summed E-state index contributed by atoms with van der Waals surface area (Å²) >= 11 is 0. The van der Waals surface area contributed by atoms with Crippen molar-refractivity contribution in [2.45, 2.75) is 53.6 Å². The number of esters is 1. The van der Waals surface area contributed by atoms with Crippen LogP contribution in [-0.4, -0.2) is 12.1 Å². The molecule has 2 aliphatic rings. The van der Waals surface area contributed by atoms with Gasteiger partial charge in [0, 0.05) is 5.41 Å². The first-order chi connectivity index (χ1) is 6.79. The first-order valence-corrected chi connectivity index (χ1v) is 5.99. The van der Waals surface area contributed by atoms with Crippen molar-refractivity contribution in [2.75, 3.05) is 0 Å². The molecule has 3 atom stereocenters. The lowest BCUT2D eigenvalue weighted by molar-refractivity contribution is -0.159. The smallest absolute Gasteiger partial charge is 0.308 e. The molecule has 0 amide bonds. The van der Waals surface area contributed by atoms with Crippen LogP contribution in [0.4, 0.5) is 0 Å². The first-order valence-electron chi connectivity index (χ1n) is 5.99. The molecule has 2 rings (SSSR count). The van der Waals surface area contributed by atoms with E-state index in [1.807, 2.05) is 13.8 Å². The zero-order valence-electron chi connectivity index (χ0n) is 10.5. The van der Waals surface area contributed by atoms with Gasteiger partial charge in [-0.15, -0.1) is 0 Å². The summed E-state index contributed by atoms with van der Waals surface area (Å²) in [5.41, 5.74) is 0.580. The monoisotopic (exact) mass is 210 g/mol. The SMILES string of the molecule is CC(C)C(=O)O[C@@H]1C[C@@H]2CC2(C)C1(C)C. The quantitative estimate of drug-likeness (QED) is 0.655. The Bertz CT molecular complexity index is 293. The van der Waals surface area contributed by atoms with Crippen molar-refractivity contribution in [3.63, 3.8) is 0 Å². The Morgan fingerprint density at radius 3 is 2.33 bits per heavy atom. The third-order valence-electron chi connectivity index (χ3n) is 4.92. The predicted molar refractivity (Wildman–Crippen MR) is 59.3 cm³/mol. The summed E-state index contributed by atoms with van der Waals surface area (Å²) in [7, 11) is 0. The van der Waals surface area contributed by atoms with Gasteiger partial charge in [0.2, 0.25) is 0 Å². The molecule has 0 aliphatic heterocycles. The lowest BCUT2D eigenvalue weighted by atomic mass is 9.76. The molecule has 0 N–H and O–H groups in total. The van der Waals surface area contributed by atoms with E-state index < -0.39 is 0 Å². The highest BCUT2D eigenvalue weighted by Crippen LogP contribution is 2.72. The molecule has 0 bridgehead atoms. The first kappa shape index (κ1) is 11.0. The normalized spacial score (nSPS) is 41.5. The second-order valence-electron chi connectivity index (χ2n) is 6.36. The van der Waals surface area contributed by atoms with Crippen LogP contribution in [0.15, 0.2) is 0 Å². The fourth-order valence-corrected chi connectivity index (χ4v) is 2.98. The minimum Gasteiger partial charge on any atom is -0.462 e. The number of carbonyl (C=O) groups is 1. The van der Waals surface area contributed by atoms with Crippen LogP contribution in [0, 0.1) is 22.7 Å². The summed E-state index contributed by atoms with van der Waals surface area (Å²) in [5, 5.41) is 0. The molecule has 0 aromatic rings. The summed E-state index contributed by atoms with van der Waals surface area (Å²) in [6.07, 6.45) is 2.52. The van der Waals surface area contributed by atoms with Crippen molar-refractivity contribution in [3.05, 3.63) is 0 Å². The van der Waals surface area contributed by atoms with E-state index in [0.717, 1.165) is 12.3 Å². The van der Waals surface area contributed by atoms with Gasteiger partial charge in [0.25, 0.3) is 0 Å². The molecule has 2 aliphatic carbocycles. The summed E-state index contributed by atoms with van der Waals surface area (Å²) in [6, 6.07) is 0. The van der Waals surface area contributed by atoms with E-state index in [-0.39, 0.29) is 23.4 Å². The number of hydrogen-bond acceptors (Lipinski definition) is 2. The molecule has 2 nitrogen and oxygen atoms in total. The van der Waals surface area contributed by atoms with Gasteiger partial charge >= 0.3 is 5.97 Å². The van der Waals surface area contributed by atoms with Crippen LogP contribution < -0.4 is 0 Å². The second-order valence-corrected chi connectivity index (χ2v) is 6.36. The molecule has 0 radical (unpaired) electrons.